The highest BCUT2D eigenvalue weighted by molar-refractivity contribution is 7.90. The molecule has 2 N–H and O–H groups in total. The van der Waals surface area contributed by atoms with E-state index < -0.39 is 15.9 Å². The van der Waals surface area contributed by atoms with Gasteiger partial charge in [0.05, 0.1) is 11.4 Å². The SMILES string of the molecule is CC(=O)NS(=O)(=O)c1ccc(NCc2cnc(Cl)s2)cc1. The third-order valence-electron chi connectivity index (χ3n) is 2.43. The van der Waals surface area contributed by atoms with E-state index in [-0.39, 0.29) is 4.90 Å². The molecule has 1 amide bonds. The zero-order chi connectivity index (χ0) is 15.5. The first kappa shape index (κ1) is 15.7. The Kier molecular flexibility index (Phi) is 4.81. The molecular formula is C12H12ClN3O3S2. The predicted molar refractivity (Wildman–Crippen MR) is 81.9 cm³/mol. The molecule has 0 bridgehead atoms. The maximum atomic E-state index is 11.8. The number of nitrogens with one attached hydrogen (secondary N) is 2. The minimum Gasteiger partial charge on any atom is -0.380 e. The number of sulfonamides is 1. The standard InChI is InChI=1S/C12H12ClN3O3S2/c1-8(17)16-21(18,19)11-4-2-9(3-5-11)14-6-10-7-15-12(13)20-10/h2-5,7,14H,6H2,1H3,(H,16,17). The van der Waals surface area contributed by atoms with E-state index in [0.717, 1.165) is 17.5 Å². The first-order valence-corrected chi connectivity index (χ1v) is 8.52. The summed E-state index contributed by atoms with van der Waals surface area (Å²) in [6.07, 6.45) is 1.68. The van der Waals surface area contributed by atoms with E-state index in [1.165, 1.54) is 23.5 Å². The number of halogens is 1. The second-order valence-electron chi connectivity index (χ2n) is 4.12. The molecule has 2 rings (SSSR count). The molecule has 0 saturated heterocycles. The normalized spacial score (nSPS) is 11.1. The van der Waals surface area contributed by atoms with Gasteiger partial charge in [0.1, 0.15) is 0 Å². The molecule has 1 aromatic heterocycles. The fourth-order valence-electron chi connectivity index (χ4n) is 1.55. The van der Waals surface area contributed by atoms with Crippen LogP contribution in [-0.4, -0.2) is 19.3 Å². The Hall–Kier alpha value is -1.64. The quantitative estimate of drug-likeness (QED) is 0.867. The number of hydrogen-bond acceptors (Lipinski definition) is 6. The number of benzene rings is 1. The summed E-state index contributed by atoms with van der Waals surface area (Å²) in [4.78, 5) is 15.8. The molecule has 0 spiro atoms. The van der Waals surface area contributed by atoms with Crippen molar-refractivity contribution in [3.8, 4) is 0 Å². The molecule has 9 heteroatoms. The number of thiazole rings is 1. The predicted octanol–water partition coefficient (Wildman–Crippen LogP) is 2.23. The highest BCUT2D eigenvalue weighted by Crippen LogP contribution is 2.20. The molecule has 2 aromatic rings. The zero-order valence-corrected chi connectivity index (χ0v) is 13.3. The highest BCUT2D eigenvalue weighted by Gasteiger charge is 2.14. The van der Waals surface area contributed by atoms with Crippen molar-refractivity contribution < 1.29 is 13.2 Å². The van der Waals surface area contributed by atoms with Crippen LogP contribution in [0.15, 0.2) is 35.4 Å². The third kappa shape index (κ3) is 4.42. The van der Waals surface area contributed by atoms with Crippen LogP contribution in [0.3, 0.4) is 0 Å². The lowest BCUT2D eigenvalue weighted by Gasteiger charge is -2.07. The minimum atomic E-state index is -3.79. The van der Waals surface area contributed by atoms with Gasteiger partial charge in [-0.1, -0.05) is 11.6 Å². The summed E-state index contributed by atoms with van der Waals surface area (Å²) in [5.41, 5.74) is 0.751. The van der Waals surface area contributed by atoms with Crippen molar-refractivity contribution in [2.75, 3.05) is 5.32 Å². The molecule has 6 nitrogen and oxygen atoms in total. The molecule has 0 radical (unpaired) electrons. The Morgan fingerprint density at radius 2 is 2.00 bits per heavy atom. The third-order valence-corrected chi connectivity index (χ3v) is 5.00. The van der Waals surface area contributed by atoms with Crippen molar-refractivity contribution in [3.63, 3.8) is 0 Å². The van der Waals surface area contributed by atoms with Crippen LogP contribution in [-0.2, 0) is 21.4 Å². The summed E-state index contributed by atoms with van der Waals surface area (Å²) in [6, 6.07) is 6.09. The first-order valence-electron chi connectivity index (χ1n) is 5.84. The molecular weight excluding hydrogens is 334 g/mol. The van der Waals surface area contributed by atoms with E-state index in [4.69, 9.17) is 11.6 Å². The fourth-order valence-corrected chi connectivity index (χ4v) is 3.46. The van der Waals surface area contributed by atoms with E-state index >= 15 is 0 Å². The molecule has 1 heterocycles. The van der Waals surface area contributed by atoms with Gasteiger partial charge in [0, 0.05) is 23.7 Å². The molecule has 0 aliphatic carbocycles. The molecule has 0 saturated carbocycles. The second-order valence-corrected chi connectivity index (χ2v) is 7.50. The van der Waals surface area contributed by atoms with Crippen LogP contribution in [0.1, 0.15) is 11.8 Å². The van der Waals surface area contributed by atoms with Gasteiger partial charge >= 0.3 is 0 Å². The summed E-state index contributed by atoms with van der Waals surface area (Å²) >= 11 is 7.10. The van der Waals surface area contributed by atoms with E-state index in [9.17, 15) is 13.2 Å². The van der Waals surface area contributed by atoms with Crippen molar-refractivity contribution in [2.45, 2.75) is 18.4 Å². The van der Waals surface area contributed by atoms with Gasteiger partial charge in [0.15, 0.2) is 4.47 Å². The molecule has 0 aliphatic heterocycles. The molecule has 112 valence electrons. The van der Waals surface area contributed by atoms with E-state index in [0.29, 0.717) is 11.0 Å². The maximum absolute atomic E-state index is 11.8. The van der Waals surface area contributed by atoms with Crippen LogP contribution >= 0.6 is 22.9 Å². The Morgan fingerprint density at radius 1 is 1.33 bits per heavy atom. The van der Waals surface area contributed by atoms with Crippen LogP contribution in [0.4, 0.5) is 5.69 Å². The minimum absolute atomic E-state index is 0.0316. The summed E-state index contributed by atoms with van der Waals surface area (Å²) in [5.74, 6) is -0.626. The number of hydrogen-bond donors (Lipinski definition) is 2. The Labute approximate surface area is 131 Å². The molecule has 0 fully saturated rings. The molecule has 0 unspecified atom stereocenters. The summed E-state index contributed by atoms with van der Waals surface area (Å²) < 4.78 is 25.9. The molecule has 21 heavy (non-hydrogen) atoms. The fraction of sp³-hybridized carbons (Fsp3) is 0.167. The van der Waals surface area contributed by atoms with E-state index in [1.807, 2.05) is 4.72 Å². The summed E-state index contributed by atoms with van der Waals surface area (Å²) in [7, 11) is -3.79. The van der Waals surface area contributed by atoms with Gasteiger partial charge in [-0.3, -0.25) is 4.79 Å². The average Bonchev–Trinajstić information content (AvgIpc) is 2.81. The van der Waals surface area contributed by atoms with Crippen molar-refractivity contribution in [1.29, 1.82) is 0 Å². The van der Waals surface area contributed by atoms with Crippen LogP contribution in [0.25, 0.3) is 0 Å². The molecule has 0 aliphatic rings. The van der Waals surface area contributed by atoms with E-state index in [2.05, 4.69) is 10.3 Å². The Morgan fingerprint density at radius 3 is 2.52 bits per heavy atom. The lowest BCUT2D eigenvalue weighted by molar-refractivity contribution is -0.117. The number of nitrogens with zero attached hydrogens (tertiary/aromatic N) is 1. The van der Waals surface area contributed by atoms with Gasteiger partial charge < -0.3 is 5.32 Å². The van der Waals surface area contributed by atoms with Gasteiger partial charge in [-0.05, 0) is 24.3 Å². The van der Waals surface area contributed by atoms with Crippen molar-refractivity contribution in [2.24, 2.45) is 0 Å². The van der Waals surface area contributed by atoms with Gasteiger partial charge in [0.25, 0.3) is 10.0 Å². The van der Waals surface area contributed by atoms with Crippen LogP contribution in [0, 0.1) is 0 Å². The zero-order valence-electron chi connectivity index (χ0n) is 11.0. The van der Waals surface area contributed by atoms with Crippen molar-refractivity contribution >= 4 is 44.6 Å². The van der Waals surface area contributed by atoms with Gasteiger partial charge in [-0.15, -0.1) is 11.3 Å². The van der Waals surface area contributed by atoms with Crippen LogP contribution in [0.2, 0.25) is 4.47 Å². The average molecular weight is 346 g/mol. The lowest BCUT2D eigenvalue weighted by Crippen LogP contribution is -2.28. The maximum Gasteiger partial charge on any atom is 0.264 e. The Balaban J connectivity index is 2.03. The number of anilines is 1. The van der Waals surface area contributed by atoms with Crippen molar-refractivity contribution in [3.05, 3.63) is 39.8 Å². The number of aromatic nitrogens is 1. The monoisotopic (exact) mass is 345 g/mol. The number of amides is 1. The molecule has 1 aromatic carbocycles. The topological polar surface area (TPSA) is 88.2 Å². The van der Waals surface area contributed by atoms with Gasteiger partial charge in [0.2, 0.25) is 5.91 Å². The number of rotatable bonds is 5. The second kappa shape index (κ2) is 6.42. The van der Waals surface area contributed by atoms with Crippen molar-refractivity contribution in [1.82, 2.24) is 9.71 Å². The first-order chi connectivity index (χ1) is 9.87. The number of carbonyl (C=O) groups is 1. The number of carbonyl (C=O) groups excluding carboxylic acids is 1. The molecule has 0 atom stereocenters. The summed E-state index contributed by atoms with van der Waals surface area (Å²) in [5, 5.41) is 3.12. The smallest absolute Gasteiger partial charge is 0.264 e. The Bertz CT molecular complexity index is 741. The van der Waals surface area contributed by atoms with Crippen LogP contribution in [0.5, 0.6) is 0 Å². The summed E-state index contributed by atoms with van der Waals surface area (Å²) in [6.45, 7) is 1.69. The van der Waals surface area contributed by atoms with Crippen LogP contribution < -0.4 is 10.0 Å². The van der Waals surface area contributed by atoms with Gasteiger partial charge in [-0.25, -0.2) is 18.1 Å². The lowest BCUT2D eigenvalue weighted by atomic mass is 10.3. The largest absolute Gasteiger partial charge is 0.380 e. The van der Waals surface area contributed by atoms with E-state index in [1.54, 1.807) is 18.3 Å². The van der Waals surface area contributed by atoms with Gasteiger partial charge in [-0.2, -0.15) is 0 Å². The highest BCUT2D eigenvalue weighted by atomic mass is 35.5.